The van der Waals surface area contributed by atoms with E-state index in [4.69, 9.17) is 58.0 Å². The average Bonchev–Trinajstić information content (AvgIpc) is 2.03. The highest BCUT2D eigenvalue weighted by Gasteiger charge is 1.75. The van der Waals surface area contributed by atoms with Crippen molar-refractivity contribution in [3.63, 3.8) is 0 Å². The van der Waals surface area contributed by atoms with Crippen LogP contribution in [-0.2, 0) is 0 Å². The summed E-state index contributed by atoms with van der Waals surface area (Å²) >= 11 is 25.0. The second kappa shape index (κ2) is 22.8. The van der Waals surface area contributed by atoms with Crippen molar-refractivity contribution in [3.8, 4) is 0 Å². The summed E-state index contributed by atoms with van der Waals surface area (Å²) in [4.78, 5) is -0.222. The minimum Gasteiger partial charge on any atom is -0.250 e. The maximum atomic E-state index is 10.6. The molecule has 0 fully saturated rings. The van der Waals surface area contributed by atoms with Gasteiger partial charge in [0.25, 0.3) is 0 Å². The monoisotopic (exact) mass is 278 g/mol. The SMILES string of the molecule is CC(Cl)Cl.ClCCCl.FCCCl. The first-order chi connectivity index (χ1) is 5.56. The van der Waals surface area contributed by atoms with Crippen LogP contribution in [0, 0.1) is 0 Å². The number of hydrogen-bond acceptors (Lipinski definition) is 0. The van der Waals surface area contributed by atoms with E-state index in [1.165, 1.54) is 0 Å². The summed E-state index contributed by atoms with van der Waals surface area (Å²) in [7, 11) is 0. The predicted molar refractivity (Wildman–Crippen MR) is 59.3 cm³/mol. The third-order valence-electron chi connectivity index (χ3n) is 0.143. The van der Waals surface area contributed by atoms with Gasteiger partial charge in [-0.15, -0.1) is 58.0 Å². The summed E-state index contributed by atoms with van der Waals surface area (Å²) in [5, 5.41) is 0. The van der Waals surface area contributed by atoms with E-state index in [9.17, 15) is 4.39 Å². The predicted octanol–water partition coefficient (Wildman–Crippen LogP) is 4.47. The molecule has 0 nitrogen and oxygen atoms in total. The molecule has 0 unspecified atom stereocenters. The van der Waals surface area contributed by atoms with E-state index in [1.54, 1.807) is 6.92 Å². The average molecular weight is 280 g/mol. The number of rotatable bonds is 2. The zero-order chi connectivity index (χ0) is 10.4. The topological polar surface area (TPSA) is 0 Å². The molecule has 78 valence electrons. The Morgan fingerprint density at radius 3 is 1.17 bits per heavy atom. The Bertz CT molecular complexity index is 42.4. The second-order valence-corrected chi connectivity index (χ2v) is 3.94. The van der Waals surface area contributed by atoms with Crippen LogP contribution in [0.5, 0.6) is 0 Å². The Morgan fingerprint density at radius 1 is 1.00 bits per heavy atom. The molecule has 0 aromatic rings. The van der Waals surface area contributed by atoms with Crippen molar-refractivity contribution in [1.29, 1.82) is 0 Å². The van der Waals surface area contributed by atoms with E-state index >= 15 is 0 Å². The lowest BCUT2D eigenvalue weighted by molar-refractivity contribution is 0.531. The molecule has 0 heterocycles. The van der Waals surface area contributed by atoms with Crippen LogP contribution in [0.4, 0.5) is 4.39 Å². The van der Waals surface area contributed by atoms with Crippen LogP contribution in [0.1, 0.15) is 6.92 Å². The summed E-state index contributed by atoms with van der Waals surface area (Å²) in [6, 6.07) is 0. The van der Waals surface area contributed by atoms with E-state index < -0.39 is 6.67 Å². The Morgan fingerprint density at radius 2 is 1.17 bits per heavy atom. The molecular formula is C6H12Cl5F. The lowest BCUT2D eigenvalue weighted by Gasteiger charge is -1.72. The van der Waals surface area contributed by atoms with Gasteiger partial charge in [0.15, 0.2) is 0 Å². The lowest BCUT2D eigenvalue weighted by Crippen LogP contribution is -1.66. The van der Waals surface area contributed by atoms with Crippen molar-refractivity contribution in [2.24, 2.45) is 0 Å². The fraction of sp³-hybridized carbons (Fsp3) is 1.00. The molecule has 0 N–H and O–H groups in total. The van der Waals surface area contributed by atoms with Crippen LogP contribution in [0.3, 0.4) is 0 Å². The van der Waals surface area contributed by atoms with E-state index in [2.05, 4.69) is 0 Å². The smallest absolute Gasteiger partial charge is 0.105 e. The van der Waals surface area contributed by atoms with Gasteiger partial charge in [0.2, 0.25) is 0 Å². The largest absolute Gasteiger partial charge is 0.250 e. The van der Waals surface area contributed by atoms with Crippen LogP contribution in [0.15, 0.2) is 0 Å². The molecule has 0 saturated heterocycles. The zero-order valence-electron chi connectivity index (χ0n) is 6.67. The third-order valence-corrected chi connectivity index (χ3v) is 0.857. The minimum atomic E-state index is -0.415. The lowest BCUT2D eigenvalue weighted by atomic mass is 10.9. The number of alkyl halides is 6. The molecule has 0 aromatic heterocycles. The van der Waals surface area contributed by atoms with Gasteiger partial charge in [0.05, 0.1) is 5.88 Å². The third kappa shape index (κ3) is 107. The van der Waals surface area contributed by atoms with Crippen LogP contribution < -0.4 is 0 Å². The number of hydrogen-bond donors (Lipinski definition) is 0. The summed E-state index contributed by atoms with van der Waals surface area (Å²) in [6.07, 6.45) is 0. The molecule has 0 rings (SSSR count). The van der Waals surface area contributed by atoms with Gasteiger partial charge in [-0.05, 0) is 6.92 Å². The Hall–Kier alpha value is 1.38. The van der Waals surface area contributed by atoms with Crippen molar-refractivity contribution in [1.82, 2.24) is 0 Å². The van der Waals surface area contributed by atoms with Crippen molar-refractivity contribution in [2.45, 2.75) is 11.8 Å². The highest BCUT2D eigenvalue weighted by Crippen LogP contribution is 1.95. The van der Waals surface area contributed by atoms with Crippen LogP contribution in [0.2, 0.25) is 0 Å². The van der Waals surface area contributed by atoms with Gasteiger partial charge in [-0.3, -0.25) is 0 Å². The summed E-state index contributed by atoms with van der Waals surface area (Å²) < 4.78 is 10.6. The van der Waals surface area contributed by atoms with Gasteiger partial charge in [-0.2, -0.15) is 0 Å². The first-order valence-corrected chi connectivity index (χ1v) is 5.56. The normalized spacial score (nSPS) is 8.00. The standard InChI is InChI=1S/2C2H4Cl2.C2H4ClF/c1-2(3)4;2*3-1-2-4/h2H,1H3;2*1-2H2. The molecule has 0 spiro atoms. The molecule has 0 atom stereocenters. The Kier molecular flexibility index (Phi) is 36.2. The Balaban J connectivity index is -0.000000101. The van der Waals surface area contributed by atoms with E-state index in [-0.39, 0.29) is 10.7 Å². The summed E-state index contributed by atoms with van der Waals surface area (Å²) in [6.45, 7) is 1.28. The van der Waals surface area contributed by atoms with Crippen molar-refractivity contribution in [3.05, 3.63) is 0 Å². The second-order valence-electron chi connectivity index (χ2n) is 1.27. The van der Waals surface area contributed by atoms with Crippen LogP contribution in [0.25, 0.3) is 0 Å². The quantitative estimate of drug-likeness (QED) is 0.655. The Labute approximate surface area is 98.3 Å². The van der Waals surface area contributed by atoms with Crippen molar-refractivity contribution < 1.29 is 4.39 Å². The van der Waals surface area contributed by atoms with Gasteiger partial charge in [-0.1, -0.05) is 0 Å². The van der Waals surface area contributed by atoms with Crippen LogP contribution in [-0.4, -0.2) is 29.2 Å². The van der Waals surface area contributed by atoms with Gasteiger partial charge in [-0.25, -0.2) is 4.39 Å². The molecule has 6 heteroatoms. The molecule has 0 aliphatic rings. The summed E-state index contributed by atoms with van der Waals surface area (Å²) in [5.74, 6) is 1.24. The number of halogens is 6. The maximum absolute atomic E-state index is 10.6. The van der Waals surface area contributed by atoms with Crippen LogP contribution >= 0.6 is 58.0 Å². The molecule has 0 aromatic carbocycles. The minimum absolute atomic E-state index is 0.125. The van der Waals surface area contributed by atoms with E-state index in [0.717, 1.165) is 0 Å². The van der Waals surface area contributed by atoms with E-state index in [1.807, 2.05) is 0 Å². The first kappa shape index (κ1) is 19.0. The van der Waals surface area contributed by atoms with Gasteiger partial charge in [0, 0.05) is 11.8 Å². The molecular weight excluding hydrogens is 268 g/mol. The zero-order valence-corrected chi connectivity index (χ0v) is 10.5. The molecule has 0 radical (unpaired) electrons. The molecule has 12 heavy (non-hydrogen) atoms. The maximum Gasteiger partial charge on any atom is 0.105 e. The van der Waals surface area contributed by atoms with Crippen molar-refractivity contribution in [2.75, 3.05) is 24.3 Å². The van der Waals surface area contributed by atoms with Crippen molar-refractivity contribution >= 4 is 58.0 Å². The molecule has 0 bridgehead atoms. The summed E-state index contributed by atoms with van der Waals surface area (Å²) in [5.41, 5.74) is 0. The molecule has 0 aliphatic heterocycles. The van der Waals surface area contributed by atoms with E-state index in [0.29, 0.717) is 11.8 Å². The molecule has 0 amide bonds. The van der Waals surface area contributed by atoms with Gasteiger partial charge < -0.3 is 0 Å². The highest BCUT2D eigenvalue weighted by atomic mass is 35.5. The van der Waals surface area contributed by atoms with Gasteiger partial charge in [0.1, 0.15) is 11.5 Å². The van der Waals surface area contributed by atoms with Gasteiger partial charge >= 0.3 is 0 Å². The fourth-order valence-electron chi connectivity index (χ4n) is 0. The molecule has 0 aliphatic carbocycles. The highest BCUT2D eigenvalue weighted by molar-refractivity contribution is 6.43. The molecule has 0 saturated carbocycles. The first-order valence-electron chi connectivity index (χ1n) is 3.08. The fourth-order valence-corrected chi connectivity index (χ4v) is 0.